The van der Waals surface area contributed by atoms with Crippen LogP contribution < -0.4 is 4.74 Å². The van der Waals surface area contributed by atoms with Crippen molar-refractivity contribution in [1.29, 1.82) is 0 Å². The highest BCUT2D eigenvalue weighted by Crippen LogP contribution is 2.23. The first-order chi connectivity index (χ1) is 13.5. The molecule has 2 fully saturated rings. The van der Waals surface area contributed by atoms with Crippen LogP contribution in [0.2, 0.25) is 0 Å². The van der Waals surface area contributed by atoms with Crippen LogP contribution in [0.4, 0.5) is 0 Å². The number of ether oxygens (including phenoxy) is 2. The Bertz CT molecular complexity index is 678. The summed E-state index contributed by atoms with van der Waals surface area (Å²) in [5.74, 6) is -0.456. The van der Waals surface area contributed by atoms with Crippen molar-refractivity contribution in [3.05, 3.63) is 23.9 Å². The summed E-state index contributed by atoms with van der Waals surface area (Å²) in [6.45, 7) is 1.79. The number of carbonyl (C=O) groups excluding carboxylic acids is 1. The number of hydrogen-bond donors (Lipinski definition) is 1. The molecule has 1 atom stereocenters. The van der Waals surface area contributed by atoms with E-state index in [0.29, 0.717) is 37.7 Å². The van der Waals surface area contributed by atoms with Crippen molar-refractivity contribution in [3.8, 4) is 5.88 Å². The van der Waals surface area contributed by atoms with E-state index in [0.717, 1.165) is 12.8 Å². The molecule has 1 aromatic rings. The number of carboxylic acid groups (broad SMARTS) is 1. The third-order valence-corrected chi connectivity index (χ3v) is 5.17. The van der Waals surface area contributed by atoms with Gasteiger partial charge >= 0.3 is 5.97 Å². The van der Waals surface area contributed by atoms with Gasteiger partial charge in [0.15, 0.2) is 0 Å². The molecule has 28 heavy (non-hydrogen) atoms. The Balaban J connectivity index is 1.58. The SMILES string of the molecule is CN(CC(=O)O)CC1CN(C(=O)c2ccnc(OC3CCCCC3)c2)CCO1. The lowest BCUT2D eigenvalue weighted by molar-refractivity contribution is -0.138. The van der Waals surface area contributed by atoms with Crippen molar-refractivity contribution in [2.75, 3.05) is 39.8 Å². The molecular weight excluding hydrogens is 362 g/mol. The fraction of sp³-hybridized carbons (Fsp3) is 0.650. The number of pyridine rings is 1. The zero-order chi connectivity index (χ0) is 19.9. The van der Waals surface area contributed by atoms with Crippen LogP contribution in [-0.4, -0.2) is 83.8 Å². The van der Waals surface area contributed by atoms with Gasteiger partial charge in [0, 0.05) is 37.5 Å². The van der Waals surface area contributed by atoms with E-state index in [4.69, 9.17) is 14.6 Å². The summed E-state index contributed by atoms with van der Waals surface area (Å²) in [4.78, 5) is 31.5. The molecule has 1 saturated carbocycles. The van der Waals surface area contributed by atoms with Crippen molar-refractivity contribution in [2.45, 2.75) is 44.3 Å². The van der Waals surface area contributed by atoms with Gasteiger partial charge in [-0.2, -0.15) is 0 Å². The highest BCUT2D eigenvalue weighted by molar-refractivity contribution is 5.94. The Morgan fingerprint density at radius 1 is 1.36 bits per heavy atom. The monoisotopic (exact) mass is 391 g/mol. The molecule has 1 aromatic heterocycles. The Morgan fingerprint density at radius 2 is 2.14 bits per heavy atom. The van der Waals surface area contributed by atoms with Crippen molar-refractivity contribution < 1.29 is 24.2 Å². The molecule has 0 radical (unpaired) electrons. The fourth-order valence-corrected chi connectivity index (χ4v) is 3.80. The molecule has 0 bridgehead atoms. The Kier molecular flexibility index (Phi) is 7.22. The van der Waals surface area contributed by atoms with Crippen LogP contribution >= 0.6 is 0 Å². The second-order valence-electron chi connectivity index (χ2n) is 7.60. The van der Waals surface area contributed by atoms with E-state index in [1.54, 1.807) is 35.2 Å². The number of carbonyl (C=O) groups is 2. The average Bonchev–Trinajstić information content (AvgIpc) is 2.68. The second kappa shape index (κ2) is 9.84. The molecule has 1 unspecified atom stereocenters. The number of aromatic nitrogens is 1. The molecule has 3 rings (SSSR count). The van der Waals surface area contributed by atoms with Crippen LogP contribution in [0.5, 0.6) is 5.88 Å². The molecule has 1 amide bonds. The van der Waals surface area contributed by atoms with Gasteiger partial charge in [-0.25, -0.2) is 4.98 Å². The minimum atomic E-state index is -0.881. The van der Waals surface area contributed by atoms with Gasteiger partial charge in [0.2, 0.25) is 5.88 Å². The van der Waals surface area contributed by atoms with Crippen LogP contribution in [0, 0.1) is 0 Å². The molecule has 8 heteroatoms. The molecule has 8 nitrogen and oxygen atoms in total. The smallest absolute Gasteiger partial charge is 0.317 e. The van der Waals surface area contributed by atoms with E-state index in [1.807, 2.05) is 0 Å². The number of hydrogen-bond acceptors (Lipinski definition) is 6. The predicted octanol–water partition coefficient (Wildman–Crippen LogP) is 1.65. The molecular formula is C20H29N3O5. The molecule has 1 aliphatic heterocycles. The number of amides is 1. The van der Waals surface area contributed by atoms with E-state index < -0.39 is 5.97 Å². The minimum Gasteiger partial charge on any atom is -0.480 e. The number of likely N-dealkylation sites (N-methyl/N-ethyl adjacent to an activating group) is 1. The summed E-state index contributed by atoms with van der Waals surface area (Å²) in [6, 6.07) is 3.43. The molecule has 1 saturated heterocycles. The summed E-state index contributed by atoms with van der Waals surface area (Å²) >= 11 is 0. The van der Waals surface area contributed by atoms with Crippen LogP contribution in [0.25, 0.3) is 0 Å². The first-order valence-corrected chi connectivity index (χ1v) is 9.95. The Hall–Kier alpha value is -2.19. The first kappa shape index (κ1) is 20.5. The fourth-order valence-electron chi connectivity index (χ4n) is 3.80. The minimum absolute atomic E-state index is 0.0555. The van der Waals surface area contributed by atoms with Crippen molar-refractivity contribution in [2.24, 2.45) is 0 Å². The summed E-state index contributed by atoms with van der Waals surface area (Å²) in [7, 11) is 1.73. The number of rotatable bonds is 7. The standard InChI is InChI=1S/C20H29N3O5/c1-22(14-19(24)25)12-17-13-23(9-10-27-17)20(26)15-7-8-21-18(11-15)28-16-5-3-2-4-6-16/h7-8,11,16-17H,2-6,9-10,12-14H2,1H3,(H,24,25). The molecule has 1 aliphatic carbocycles. The summed E-state index contributed by atoms with van der Waals surface area (Å²) in [5.41, 5.74) is 0.556. The number of aliphatic carboxylic acids is 1. The van der Waals surface area contributed by atoms with Crippen molar-refractivity contribution in [1.82, 2.24) is 14.8 Å². The van der Waals surface area contributed by atoms with Crippen molar-refractivity contribution in [3.63, 3.8) is 0 Å². The Labute approximate surface area is 165 Å². The number of nitrogens with zero attached hydrogens (tertiary/aromatic N) is 3. The van der Waals surface area contributed by atoms with Gasteiger partial charge in [0.05, 0.1) is 19.3 Å². The normalized spacial score (nSPS) is 20.9. The lowest BCUT2D eigenvalue weighted by Gasteiger charge is -2.34. The van der Waals surface area contributed by atoms with Crippen molar-refractivity contribution >= 4 is 11.9 Å². The molecule has 0 spiro atoms. The highest BCUT2D eigenvalue weighted by atomic mass is 16.5. The zero-order valence-corrected chi connectivity index (χ0v) is 16.4. The van der Waals surface area contributed by atoms with Gasteiger partial charge < -0.3 is 19.5 Å². The summed E-state index contributed by atoms with van der Waals surface area (Å²) in [5, 5.41) is 8.88. The van der Waals surface area contributed by atoms with E-state index in [1.165, 1.54) is 19.3 Å². The van der Waals surface area contributed by atoms with E-state index >= 15 is 0 Å². The quantitative estimate of drug-likeness (QED) is 0.755. The lowest BCUT2D eigenvalue weighted by Crippen LogP contribution is -2.49. The van der Waals surface area contributed by atoms with Gasteiger partial charge in [0.25, 0.3) is 5.91 Å². The molecule has 154 valence electrons. The van der Waals surface area contributed by atoms with Gasteiger partial charge in [-0.05, 0) is 38.8 Å². The van der Waals surface area contributed by atoms with Gasteiger partial charge in [0.1, 0.15) is 6.10 Å². The largest absolute Gasteiger partial charge is 0.480 e. The topological polar surface area (TPSA) is 92.2 Å². The third-order valence-electron chi connectivity index (χ3n) is 5.17. The number of morpholine rings is 1. The van der Waals surface area contributed by atoms with Gasteiger partial charge in [-0.15, -0.1) is 0 Å². The van der Waals surface area contributed by atoms with Gasteiger partial charge in [-0.1, -0.05) is 6.42 Å². The van der Waals surface area contributed by atoms with E-state index in [2.05, 4.69) is 4.98 Å². The summed E-state index contributed by atoms with van der Waals surface area (Å²) in [6.07, 6.45) is 7.27. The number of carboxylic acids is 1. The van der Waals surface area contributed by atoms with E-state index in [9.17, 15) is 9.59 Å². The molecule has 2 heterocycles. The molecule has 1 N–H and O–H groups in total. The predicted molar refractivity (Wildman–Crippen MR) is 103 cm³/mol. The third kappa shape index (κ3) is 5.90. The maximum absolute atomic E-state index is 12.9. The maximum Gasteiger partial charge on any atom is 0.317 e. The highest BCUT2D eigenvalue weighted by Gasteiger charge is 2.27. The molecule has 2 aliphatic rings. The zero-order valence-electron chi connectivity index (χ0n) is 16.4. The first-order valence-electron chi connectivity index (χ1n) is 9.95. The van der Waals surface area contributed by atoms with Crippen LogP contribution in [0.3, 0.4) is 0 Å². The average molecular weight is 391 g/mol. The van der Waals surface area contributed by atoms with Crippen LogP contribution in [-0.2, 0) is 9.53 Å². The van der Waals surface area contributed by atoms with Crippen LogP contribution in [0.15, 0.2) is 18.3 Å². The van der Waals surface area contributed by atoms with Crippen LogP contribution in [0.1, 0.15) is 42.5 Å². The summed E-state index contributed by atoms with van der Waals surface area (Å²) < 4.78 is 11.7. The maximum atomic E-state index is 12.9. The second-order valence-corrected chi connectivity index (χ2v) is 7.60. The Morgan fingerprint density at radius 3 is 2.89 bits per heavy atom. The van der Waals surface area contributed by atoms with E-state index in [-0.39, 0.29) is 24.7 Å². The van der Waals surface area contributed by atoms with Gasteiger partial charge in [-0.3, -0.25) is 14.5 Å². The molecule has 0 aromatic carbocycles. The lowest BCUT2D eigenvalue weighted by atomic mass is 9.98.